The quantitative estimate of drug-likeness (QED) is 0.745. The van der Waals surface area contributed by atoms with Gasteiger partial charge in [-0.25, -0.2) is 4.79 Å². The topological polar surface area (TPSA) is 100 Å². The van der Waals surface area contributed by atoms with E-state index in [1.165, 1.54) is 0 Å². The number of aliphatic hydroxyl groups excluding tert-OH is 1. The first kappa shape index (κ1) is 17.4. The number of carbonyl (C=O) groups excluding carboxylic acids is 1. The summed E-state index contributed by atoms with van der Waals surface area (Å²) in [4.78, 5) is 11.8. The molecule has 0 bridgehead atoms. The molecular weight excluding hydrogens is 320 g/mol. The van der Waals surface area contributed by atoms with Gasteiger partial charge in [-0.1, -0.05) is 24.6 Å². The van der Waals surface area contributed by atoms with Gasteiger partial charge in [0.05, 0.1) is 6.10 Å². The average molecular weight is 344 g/mol. The zero-order valence-electron chi connectivity index (χ0n) is 14.1. The van der Waals surface area contributed by atoms with Gasteiger partial charge in [0.15, 0.2) is 0 Å². The number of aliphatic hydroxyl groups is 1. The van der Waals surface area contributed by atoms with Crippen molar-refractivity contribution < 1.29 is 14.3 Å². The predicted octanol–water partition coefficient (Wildman–Crippen LogP) is 2.13. The van der Waals surface area contributed by atoms with Gasteiger partial charge in [0.25, 0.3) is 0 Å². The molecule has 0 radical (unpaired) electrons. The Labute approximate surface area is 146 Å². The maximum Gasteiger partial charge on any atom is 0.314 e. The van der Waals surface area contributed by atoms with Gasteiger partial charge in [-0.2, -0.15) is 0 Å². The maximum atomic E-state index is 11.8. The van der Waals surface area contributed by atoms with Crippen LogP contribution in [0.15, 0.2) is 34.7 Å². The molecule has 134 valence electrons. The number of benzene rings is 1. The summed E-state index contributed by atoms with van der Waals surface area (Å²) in [6.07, 6.45) is 3.98. The highest BCUT2D eigenvalue weighted by molar-refractivity contribution is 5.73. The van der Waals surface area contributed by atoms with E-state index in [2.05, 4.69) is 20.8 Å². The zero-order chi connectivity index (χ0) is 17.5. The summed E-state index contributed by atoms with van der Waals surface area (Å²) < 4.78 is 5.60. The molecule has 2 unspecified atom stereocenters. The smallest absolute Gasteiger partial charge is 0.314 e. The lowest BCUT2D eigenvalue weighted by Gasteiger charge is -2.25. The Hall–Kier alpha value is -2.41. The number of nitrogens with zero attached hydrogens (tertiary/aromatic N) is 2. The van der Waals surface area contributed by atoms with Crippen LogP contribution in [0.3, 0.4) is 0 Å². The molecule has 1 fully saturated rings. The SMILES string of the molecule is O=C(NCCc1nnc(-c2ccccc2)o1)NCC1CCCC(O)C1. The number of amides is 2. The fourth-order valence-electron chi connectivity index (χ4n) is 3.08. The molecule has 7 nitrogen and oxygen atoms in total. The van der Waals surface area contributed by atoms with Crippen LogP contribution in [0.25, 0.3) is 11.5 Å². The van der Waals surface area contributed by atoms with Crippen molar-refractivity contribution in [1.29, 1.82) is 0 Å². The van der Waals surface area contributed by atoms with Crippen LogP contribution >= 0.6 is 0 Å². The second kappa shape index (κ2) is 8.62. The van der Waals surface area contributed by atoms with Crippen LogP contribution in [0.2, 0.25) is 0 Å². The molecule has 1 heterocycles. The molecule has 1 saturated carbocycles. The third kappa shape index (κ3) is 5.29. The molecule has 25 heavy (non-hydrogen) atoms. The van der Waals surface area contributed by atoms with Crippen LogP contribution in [0.5, 0.6) is 0 Å². The Bertz CT molecular complexity index is 674. The minimum absolute atomic E-state index is 0.206. The average Bonchev–Trinajstić information content (AvgIpc) is 3.10. The number of hydrogen-bond donors (Lipinski definition) is 3. The summed E-state index contributed by atoms with van der Waals surface area (Å²) in [6.45, 7) is 1.02. The van der Waals surface area contributed by atoms with Crippen LogP contribution in [-0.4, -0.2) is 40.5 Å². The molecule has 2 amide bonds. The van der Waals surface area contributed by atoms with E-state index >= 15 is 0 Å². The van der Waals surface area contributed by atoms with Crippen molar-refractivity contribution in [1.82, 2.24) is 20.8 Å². The number of nitrogens with one attached hydrogen (secondary N) is 2. The number of rotatable bonds is 6. The van der Waals surface area contributed by atoms with Crippen LogP contribution in [0.4, 0.5) is 4.79 Å². The molecule has 1 aromatic heterocycles. The molecule has 0 saturated heterocycles. The number of urea groups is 1. The van der Waals surface area contributed by atoms with E-state index in [-0.39, 0.29) is 12.1 Å². The van der Waals surface area contributed by atoms with Crippen LogP contribution in [0, 0.1) is 5.92 Å². The first-order valence-electron chi connectivity index (χ1n) is 8.78. The highest BCUT2D eigenvalue weighted by Crippen LogP contribution is 2.23. The Morgan fingerprint density at radius 1 is 1.20 bits per heavy atom. The van der Waals surface area contributed by atoms with Crippen molar-refractivity contribution in [3.8, 4) is 11.5 Å². The highest BCUT2D eigenvalue weighted by Gasteiger charge is 2.20. The summed E-state index contributed by atoms with van der Waals surface area (Å²) in [5.74, 6) is 1.34. The Balaban J connectivity index is 1.36. The largest absolute Gasteiger partial charge is 0.421 e. The fraction of sp³-hybridized carbons (Fsp3) is 0.500. The summed E-state index contributed by atoms with van der Waals surface area (Å²) in [5, 5.41) is 23.3. The fourth-order valence-corrected chi connectivity index (χ4v) is 3.08. The summed E-state index contributed by atoms with van der Waals surface area (Å²) in [5.41, 5.74) is 0.877. The molecule has 2 atom stereocenters. The standard InChI is InChI=1S/C18H24N4O3/c23-15-8-4-5-13(11-15)12-20-18(24)19-10-9-16-21-22-17(25-16)14-6-2-1-3-7-14/h1-3,6-7,13,15,23H,4-5,8-12H2,(H2,19,20,24). The number of carbonyl (C=O) groups is 1. The Kier molecular flexibility index (Phi) is 6.00. The predicted molar refractivity (Wildman–Crippen MR) is 92.8 cm³/mol. The first-order valence-corrected chi connectivity index (χ1v) is 8.78. The molecule has 0 aliphatic heterocycles. The van der Waals surface area contributed by atoms with Crippen LogP contribution in [0.1, 0.15) is 31.6 Å². The van der Waals surface area contributed by atoms with E-state index in [1.54, 1.807) is 0 Å². The third-order valence-corrected chi connectivity index (χ3v) is 4.42. The lowest BCUT2D eigenvalue weighted by atomic mass is 9.87. The highest BCUT2D eigenvalue weighted by atomic mass is 16.4. The first-order chi connectivity index (χ1) is 12.2. The van der Waals surface area contributed by atoms with Gasteiger partial charge in [0.1, 0.15) is 0 Å². The molecule has 0 spiro atoms. The van der Waals surface area contributed by atoms with Crippen molar-refractivity contribution in [3.05, 3.63) is 36.2 Å². The summed E-state index contributed by atoms with van der Waals surface area (Å²) >= 11 is 0. The van der Waals surface area contributed by atoms with Gasteiger partial charge < -0.3 is 20.2 Å². The van der Waals surface area contributed by atoms with Gasteiger partial charge >= 0.3 is 6.03 Å². The van der Waals surface area contributed by atoms with E-state index in [4.69, 9.17) is 4.42 Å². The molecule has 1 aromatic carbocycles. The van der Waals surface area contributed by atoms with Crippen molar-refractivity contribution in [3.63, 3.8) is 0 Å². The summed E-state index contributed by atoms with van der Waals surface area (Å²) in [7, 11) is 0. The Morgan fingerprint density at radius 3 is 2.84 bits per heavy atom. The van der Waals surface area contributed by atoms with Crippen LogP contribution < -0.4 is 10.6 Å². The normalized spacial score (nSPS) is 20.2. The minimum atomic E-state index is -0.222. The van der Waals surface area contributed by atoms with Crippen molar-refractivity contribution >= 4 is 6.03 Å². The van der Waals surface area contributed by atoms with Crippen molar-refractivity contribution in [2.45, 2.75) is 38.2 Å². The van der Waals surface area contributed by atoms with Gasteiger partial charge in [0.2, 0.25) is 11.8 Å². The summed E-state index contributed by atoms with van der Waals surface area (Å²) in [6, 6.07) is 9.36. The van der Waals surface area contributed by atoms with E-state index in [9.17, 15) is 9.90 Å². The van der Waals surface area contributed by atoms with E-state index in [1.807, 2.05) is 30.3 Å². The van der Waals surface area contributed by atoms with Crippen molar-refractivity contribution in [2.75, 3.05) is 13.1 Å². The van der Waals surface area contributed by atoms with Crippen LogP contribution in [-0.2, 0) is 6.42 Å². The monoisotopic (exact) mass is 344 g/mol. The van der Waals surface area contributed by atoms with Crippen molar-refractivity contribution in [2.24, 2.45) is 5.92 Å². The molecule has 1 aliphatic rings. The van der Waals surface area contributed by atoms with Gasteiger partial charge in [0, 0.05) is 25.1 Å². The molecule has 2 aromatic rings. The van der Waals surface area contributed by atoms with E-state index in [0.717, 1.165) is 31.2 Å². The maximum absolute atomic E-state index is 11.8. The van der Waals surface area contributed by atoms with E-state index < -0.39 is 0 Å². The molecule has 7 heteroatoms. The lowest BCUT2D eigenvalue weighted by molar-refractivity contribution is 0.101. The lowest BCUT2D eigenvalue weighted by Crippen LogP contribution is -2.40. The van der Waals surface area contributed by atoms with E-state index in [0.29, 0.717) is 37.2 Å². The third-order valence-electron chi connectivity index (χ3n) is 4.42. The number of aromatic nitrogens is 2. The Morgan fingerprint density at radius 2 is 2.04 bits per heavy atom. The van der Waals surface area contributed by atoms with Gasteiger partial charge in [-0.05, 0) is 37.3 Å². The van der Waals surface area contributed by atoms with Gasteiger partial charge in [-0.3, -0.25) is 0 Å². The molecule has 3 N–H and O–H groups in total. The minimum Gasteiger partial charge on any atom is -0.421 e. The second-order valence-electron chi connectivity index (χ2n) is 6.44. The zero-order valence-corrected chi connectivity index (χ0v) is 14.1. The number of hydrogen-bond acceptors (Lipinski definition) is 5. The second-order valence-corrected chi connectivity index (χ2v) is 6.44. The molecule has 1 aliphatic carbocycles. The van der Waals surface area contributed by atoms with Gasteiger partial charge in [-0.15, -0.1) is 10.2 Å². The molecular formula is C18H24N4O3. The molecule has 3 rings (SSSR count).